The van der Waals surface area contributed by atoms with Crippen LogP contribution in [0.1, 0.15) is 21.6 Å². The smallest absolute Gasteiger partial charge is 0.259 e. The highest BCUT2D eigenvalue weighted by molar-refractivity contribution is 6.32. The Labute approximate surface area is 165 Å². The van der Waals surface area contributed by atoms with E-state index in [1.807, 2.05) is 26.0 Å². The molecule has 1 amide bonds. The fourth-order valence-corrected chi connectivity index (χ4v) is 2.96. The van der Waals surface area contributed by atoms with E-state index in [0.717, 1.165) is 5.56 Å². The molecule has 0 aliphatic heterocycles. The minimum atomic E-state index is -0.319. The summed E-state index contributed by atoms with van der Waals surface area (Å²) in [6, 6.07) is 5.38. The summed E-state index contributed by atoms with van der Waals surface area (Å²) < 4.78 is 1.64. The van der Waals surface area contributed by atoms with E-state index in [1.165, 1.54) is 29.6 Å². The molecule has 0 saturated carbocycles. The Bertz CT molecular complexity index is 1150. The zero-order valence-corrected chi connectivity index (χ0v) is 15.8. The molecule has 9 nitrogen and oxygen atoms in total. The molecule has 0 atom stereocenters. The molecule has 0 aliphatic rings. The fraction of sp³-hybridized carbons (Fsp3) is 0.111. The van der Waals surface area contributed by atoms with Gasteiger partial charge in [-0.2, -0.15) is 15.3 Å². The first-order valence-corrected chi connectivity index (χ1v) is 8.72. The summed E-state index contributed by atoms with van der Waals surface area (Å²) in [7, 11) is 0. The monoisotopic (exact) mass is 394 g/mol. The van der Waals surface area contributed by atoms with E-state index < -0.39 is 0 Å². The zero-order valence-electron chi connectivity index (χ0n) is 15.0. The Hall–Kier alpha value is -3.59. The second-order valence-electron chi connectivity index (χ2n) is 6.00. The van der Waals surface area contributed by atoms with Crippen LogP contribution in [0.25, 0.3) is 11.6 Å². The van der Waals surface area contributed by atoms with Crippen LogP contribution in [0.15, 0.2) is 49.2 Å². The van der Waals surface area contributed by atoms with Crippen LogP contribution in [0.2, 0.25) is 5.02 Å². The number of hydrogen-bond donors (Lipinski definition) is 1. The molecule has 1 N–H and O–H groups in total. The maximum Gasteiger partial charge on any atom is 0.259 e. The summed E-state index contributed by atoms with van der Waals surface area (Å²) in [6.07, 6.45) is 7.74. The van der Waals surface area contributed by atoms with Crippen LogP contribution in [-0.2, 0) is 0 Å². The number of pyridine rings is 2. The van der Waals surface area contributed by atoms with Gasteiger partial charge in [-0.25, -0.2) is 14.6 Å². The van der Waals surface area contributed by atoms with E-state index in [2.05, 4.69) is 30.6 Å². The Morgan fingerprint density at radius 3 is 2.54 bits per heavy atom. The van der Waals surface area contributed by atoms with Crippen LogP contribution >= 0.6 is 11.6 Å². The van der Waals surface area contributed by atoms with Gasteiger partial charge in [-0.1, -0.05) is 17.7 Å². The van der Waals surface area contributed by atoms with Crippen molar-refractivity contribution >= 4 is 23.2 Å². The van der Waals surface area contributed by atoms with Crippen molar-refractivity contribution < 1.29 is 4.79 Å². The van der Waals surface area contributed by atoms with Crippen LogP contribution in [0.4, 0.5) is 5.69 Å². The zero-order chi connectivity index (χ0) is 19.7. The number of halogens is 1. The maximum absolute atomic E-state index is 12.7. The van der Waals surface area contributed by atoms with Crippen LogP contribution < -0.4 is 5.32 Å². The molecule has 0 radical (unpaired) electrons. The van der Waals surface area contributed by atoms with Gasteiger partial charge in [0, 0.05) is 6.20 Å². The summed E-state index contributed by atoms with van der Waals surface area (Å²) in [6.45, 7) is 3.75. The van der Waals surface area contributed by atoms with Crippen molar-refractivity contribution in [2.24, 2.45) is 0 Å². The van der Waals surface area contributed by atoms with Crippen molar-refractivity contribution in [3.8, 4) is 11.6 Å². The van der Waals surface area contributed by atoms with E-state index >= 15 is 0 Å². The number of hydrogen-bond acceptors (Lipinski definition) is 6. The van der Waals surface area contributed by atoms with Gasteiger partial charge in [-0.3, -0.25) is 4.79 Å². The average Bonchev–Trinajstić information content (AvgIpc) is 3.32. The number of amides is 1. The van der Waals surface area contributed by atoms with Gasteiger partial charge in [0.15, 0.2) is 11.6 Å². The normalized spacial score (nSPS) is 10.8. The molecule has 140 valence electrons. The van der Waals surface area contributed by atoms with Gasteiger partial charge in [-0.15, -0.1) is 4.80 Å². The lowest BCUT2D eigenvalue weighted by atomic mass is 10.2. The molecule has 28 heavy (non-hydrogen) atoms. The van der Waals surface area contributed by atoms with Gasteiger partial charge >= 0.3 is 0 Å². The van der Waals surface area contributed by atoms with Crippen LogP contribution in [0.3, 0.4) is 0 Å². The van der Waals surface area contributed by atoms with E-state index in [9.17, 15) is 4.79 Å². The molecule has 4 aromatic rings. The molecule has 4 aromatic heterocycles. The van der Waals surface area contributed by atoms with Crippen molar-refractivity contribution in [3.05, 3.63) is 71.0 Å². The van der Waals surface area contributed by atoms with E-state index in [4.69, 9.17) is 11.6 Å². The van der Waals surface area contributed by atoms with Crippen LogP contribution in [0, 0.1) is 13.8 Å². The first kappa shape index (κ1) is 17.8. The third-order valence-corrected chi connectivity index (χ3v) is 4.40. The number of rotatable bonds is 4. The van der Waals surface area contributed by atoms with Crippen molar-refractivity contribution in [2.45, 2.75) is 13.8 Å². The first-order chi connectivity index (χ1) is 13.5. The number of aryl methyl sites for hydroxylation is 1. The molecule has 0 unspecified atom stereocenters. The minimum absolute atomic E-state index is 0.311. The van der Waals surface area contributed by atoms with Crippen molar-refractivity contribution in [1.29, 1.82) is 0 Å². The predicted molar refractivity (Wildman–Crippen MR) is 103 cm³/mol. The van der Waals surface area contributed by atoms with Gasteiger partial charge in [0.1, 0.15) is 0 Å². The predicted octanol–water partition coefficient (Wildman–Crippen LogP) is 2.77. The molecule has 0 bridgehead atoms. The molecule has 4 rings (SSSR count). The molecule has 4 heterocycles. The number of carbonyl (C=O) groups excluding carboxylic acids is 1. The fourth-order valence-electron chi connectivity index (χ4n) is 2.71. The Morgan fingerprint density at radius 1 is 1.04 bits per heavy atom. The summed E-state index contributed by atoms with van der Waals surface area (Å²) in [5.41, 5.74) is 2.52. The molecule has 0 aromatic carbocycles. The highest BCUT2D eigenvalue weighted by atomic mass is 35.5. The van der Waals surface area contributed by atoms with Gasteiger partial charge in [0.25, 0.3) is 5.91 Å². The SMILES string of the molecule is Cc1cccnc1-n1ncc(C(=O)Nc2cnc(-n3nccn3)c(Cl)c2)c1C. The molecule has 0 aliphatic carbocycles. The number of nitrogens with zero attached hydrogens (tertiary/aromatic N) is 7. The quantitative estimate of drug-likeness (QED) is 0.570. The topological polar surface area (TPSA) is 103 Å². The second kappa shape index (κ2) is 7.20. The van der Waals surface area contributed by atoms with E-state index in [0.29, 0.717) is 33.6 Å². The van der Waals surface area contributed by atoms with Crippen LogP contribution in [-0.4, -0.2) is 40.6 Å². The van der Waals surface area contributed by atoms with Crippen molar-refractivity contribution in [3.63, 3.8) is 0 Å². The Balaban J connectivity index is 1.58. The summed E-state index contributed by atoms with van der Waals surface area (Å²) in [5, 5.41) is 15.4. The van der Waals surface area contributed by atoms with Crippen LogP contribution in [0.5, 0.6) is 0 Å². The Morgan fingerprint density at radius 2 is 1.82 bits per heavy atom. The third kappa shape index (κ3) is 3.23. The van der Waals surface area contributed by atoms with Gasteiger partial charge in [0.2, 0.25) is 0 Å². The molecule has 10 heteroatoms. The third-order valence-electron chi connectivity index (χ3n) is 4.12. The van der Waals surface area contributed by atoms with Gasteiger partial charge < -0.3 is 5.32 Å². The van der Waals surface area contributed by atoms with E-state index in [1.54, 1.807) is 16.9 Å². The van der Waals surface area contributed by atoms with Gasteiger partial charge in [-0.05, 0) is 31.5 Å². The maximum atomic E-state index is 12.7. The summed E-state index contributed by atoms with van der Waals surface area (Å²) in [5.74, 6) is 0.735. The second-order valence-corrected chi connectivity index (χ2v) is 6.41. The van der Waals surface area contributed by atoms with Gasteiger partial charge in [0.05, 0.1) is 46.8 Å². The average molecular weight is 395 g/mol. The van der Waals surface area contributed by atoms with Crippen molar-refractivity contribution in [1.82, 2.24) is 34.7 Å². The number of carbonyl (C=O) groups is 1. The Kier molecular flexibility index (Phi) is 4.58. The molecule has 0 spiro atoms. The highest BCUT2D eigenvalue weighted by Gasteiger charge is 2.17. The lowest BCUT2D eigenvalue weighted by Gasteiger charge is -2.08. The summed E-state index contributed by atoms with van der Waals surface area (Å²) in [4.78, 5) is 22.6. The minimum Gasteiger partial charge on any atom is -0.320 e. The lowest BCUT2D eigenvalue weighted by molar-refractivity contribution is 0.102. The van der Waals surface area contributed by atoms with Crippen molar-refractivity contribution in [2.75, 3.05) is 5.32 Å². The summed E-state index contributed by atoms with van der Waals surface area (Å²) >= 11 is 6.24. The number of anilines is 1. The van der Waals surface area contributed by atoms with E-state index in [-0.39, 0.29) is 5.91 Å². The molecular formula is C18H15ClN8O. The number of nitrogens with one attached hydrogen (secondary N) is 1. The molecular weight excluding hydrogens is 380 g/mol. The molecule has 0 saturated heterocycles. The lowest BCUT2D eigenvalue weighted by Crippen LogP contribution is -2.14. The highest BCUT2D eigenvalue weighted by Crippen LogP contribution is 2.22. The standard InChI is InChI=1S/C18H15ClN8O/c1-11-4-3-5-20-16(11)26-12(2)14(10-24-26)18(28)25-13-8-15(19)17(21-9-13)27-22-6-7-23-27/h3-10H,1-2H3,(H,25,28). The first-order valence-electron chi connectivity index (χ1n) is 8.35. The molecule has 0 fully saturated rings. The number of aromatic nitrogens is 7. The largest absolute Gasteiger partial charge is 0.320 e.